The third kappa shape index (κ3) is 1.69. The Balaban J connectivity index is 2.67. The first-order valence-electron chi connectivity index (χ1n) is 5.14. The van der Waals surface area contributed by atoms with E-state index in [1.165, 1.54) is 6.20 Å². The summed E-state index contributed by atoms with van der Waals surface area (Å²) in [6.45, 7) is 2.45. The summed E-state index contributed by atoms with van der Waals surface area (Å²) in [5.41, 5.74) is 6.46. The lowest BCUT2D eigenvalue weighted by Crippen LogP contribution is -2.24. The molecule has 0 aliphatic rings. The van der Waals surface area contributed by atoms with Crippen LogP contribution in [0.2, 0.25) is 0 Å². The highest BCUT2D eigenvalue weighted by atomic mass is 16.1. The third-order valence-corrected chi connectivity index (χ3v) is 2.42. The molecule has 0 spiro atoms. The normalized spacial score (nSPS) is 10.3. The first-order chi connectivity index (χ1) is 7.74. The number of rotatable bonds is 2. The molecule has 4 nitrogen and oxygen atoms in total. The summed E-state index contributed by atoms with van der Waals surface area (Å²) in [4.78, 5) is 16.0. The Kier molecular flexibility index (Phi) is 2.72. The highest BCUT2D eigenvalue weighted by molar-refractivity contribution is 5.56. The summed E-state index contributed by atoms with van der Waals surface area (Å²) in [6, 6.07) is 9.60. The number of benzene rings is 1. The van der Waals surface area contributed by atoms with E-state index in [4.69, 9.17) is 5.73 Å². The zero-order valence-electron chi connectivity index (χ0n) is 9.05. The largest absolute Gasteiger partial charge is 0.393 e. The van der Waals surface area contributed by atoms with Crippen molar-refractivity contribution in [3.05, 3.63) is 46.9 Å². The van der Waals surface area contributed by atoms with E-state index in [1.807, 2.05) is 37.3 Å². The third-order valence-electron chi connectivity index (χ3n) is 2.42. The van der Waals surface area contributed by atoms with Gasteiger partial charge < -0.3 is 5.73 Å². The summed E-state index contributed by atoms with van der Waals surface area (Å²) in [5, 5.41) is 0. The van der Waals surface area contributed by atoms with Gasteiger partial charge in [0.05, 0.1) is 6.20 Å². The maximum Gasteiger partial charge on any atom is 0.276 e. The molecule has 0 bridgehead atoms. The Hall–Kier alpha value is -2.10. The van der Waals surface area contributed by atoms with Gasteiger partial charge in [-0.3, -0.25) is 9.36 Å². The molecule has 4 heteroatoms. The Morgan fingerprint density at radius 1 is 1.31 bits per heavy atom. The number of hydrogen-bond donors (Lipinski definition) is 1. The highest BCUT2D eigenvalue weighted by Gasteiger charge is 2.08. The predicted molar refractivity (Wildman–Crippen MR) is 64.0 cm³/mol. The second kappa shape index (κ2) is 4.18. The average molecular weight is 215 g/mol. The van der Waals surface area contributed by atoms with E-state index in [1.54, 1.807) is 4.57 Å². The molecule has 0 atom stereocenters. The molecule has 0 fully saturated rings. The molecule has 16 heavy (non-hydrogen) atoms. The van der Waals surface area contributed by atoms with Crippen molar-refractivity contribution in [3.8, 4) is 11.4 Å². The molecule has 0 saturated carbocycles. The van der Waals surface area contributed by atoms with Crippen LogP contribution >= 0.6 is 0 Å². The van der Waals surface area contributed by atoms with Gasteiger partial charge in [-0.05, 0) is 6.92 Å². The van der Waals surface area contributed by atoms with Crippen LogP contribution < -0.4 is 11.3 Å². The minimum Gasteiger partial charge on any atom is -0.393 e. The van der Waals surface area contributed by atoms with Crippen molar-refractivity contribution in [3.63, 3.8) is 0 Å². The number of nitrogens with two attached hydrogens (primary N) is 1. The lowest BCUT2D eigenvalue weighted by atomic mass is 10.2. The molecule has 0 aliphatic heterocycles. The van der Waals surface area contributed by atoms with Gasteiger partial charge in [0.2, 0.25) is 0 Å². The molecule has 1 aromatic heterocycles. The fraction of sp³-hybridized carbons (Fsp3) is 0.167. The van der Waals surface area contributed by atoms with Gasteiger partial charge in [-0.2, -0.15) is 0 Å². The van der Waals surface area contributed by atoms with Crippen LogP contribution in [0.15, 0.2) is 41.3 Å². The molecule has 0 radical (unpaired) electrons. The van der Waals surface area contributed by atoms with Crippen molar-refractivity contribution in [1.29, 1.82) is 0 Å². The molecule has 1 heterocycles. The number of nitrogen functional groups attached to an aromatic ring is 1. The fourth-order valence-corrected chi connectivity index (χ4v) is 1.62. The zero-order valence-corrected chi connectivity index (χ0v) is 9.05. The summed E-state index contributed by atoms with van der Waals surface area (Å²) >= 11 is 0. The smallest absolute Gasteiger partial charge is 0.276 e. The molecule has 0 saturated heterocycles. The van der Waals surface area contributed by atoms with Crippen molar-refractivity contribution in [2.45, 2.75) is 13.5 Å². The van der Waals surface area contributed by atoms with E-state index < -0.39 is 0 Å². The van der Waals surface area contributed by atoms with Gasteiger partial charge in [0, 0.05) is 12.1 Å². The number of anilines is 1. The molecule has 0 aliphatic carbocycles. The fourth-order valence-electron chi connectivity index (χ4n) is 1.62. The van der Waals surface area contributed by atoms with Crippen molar-refractivity contribution in [1.82, 2.24) is 9.55 Å². The maximum atomic E-state index is 11.8. The molecular weight excluding hydrogens is 202 g/mol. The number of hydrogen-bond acceptors (Lipinski definition) is 3. The van der Waals surface area contributed by atoms with Crippen LogP contribution in [0.25, 0.3) is 11.4 Å². The second-order valence-electron chi connectivity index (χ2n) is 3.45. The van der Waals surface area contributed by atoms with Gasteiger partial charge in [-0.25, -0.2) is 4.98 Å². The summed E-state index contributed by atoms with van der Waals surface area (Å²) in [5.74, 6) is 0.655. The predicted octanol–water partition coefficient (Wildman–Crippen LogP) is 1.51. The van der Waals surface area contributed by atoms with Crippen LogP contribution in [0.5, 0.6) is 0 Å². The summed E-state index contributed by atoms with van der Waals surface area (Å²) < 4.78 is 1.57. The molecule has 2 aromatic rings. The molecule has 2 rings (SSSR count). The number of aromatic nitrogens is 2. The van der Waals surface area contributed by atoms with Crippen LogP contribution in [0.3, 0.4) is 0 Å². The average Bonchev–Trinajstić information content (AvgIpc) is 2.33. The topological polar surface area (TPSA) is 60.9 Å². The molecule has 0 amide bonds. The first-order valence-corrected chi connectivity index (χ1v) is 5.14. The highest BCUT2D eigenvalue weighted by Crippen LogP contribution is 2.14. The molecule has 82 valence electrons. The molecular formula is C12H13N3O. The summed E-state index contributed by atoms with van der Waals surface area (Å²) in [7, 11) is 0. The van der Waals surface area contributed by atoms with Crippen LogP contribution in [0.4, 0.5) is 5.69 Å². The molecule has 1 aromatic carbocycles. The molecule has 2 N–H and O–H groups in total. The Morgan fingerprint density at radius 2 is 2.00 bits per heavy atom. The van der Waals surface area contributed by atoms with Gasteiger partial charge in [0.15, 0.2) is 0 Å². The zero-order chi connectivity index (χ0) is 11.5. The summed E-state index contributed by atoms with van der Waals surface area (Å²) in [6.07, 6.45) is 1.41. The van der Waals surface area contributed by atoms with Gasteiger partial charge >= 0.3 is 0 Å². The molecule has 0 unspecified atom stereocenters. The second-order valence-corrected chi connectivity index (χ2v) is 3.45. The Morgan fingerprint density at radius 3 is 2.62 bits per heavy atom. The SMILES string of the molecule is CCn1c(-c2ccccc2)ncc(N)c1=O. The first kappa shape index (κ1) is 10.4. The van der Waals surface area contributed by atoms with Crippen LogP contribution in [-0.4, -0.2) is 9.55 Å². The van der Waals surface area contributed by atoms with Gasteiger partial charge in [0.1, 0.15) is 11.5 Å². The van der Waals surface area contributed by atoms with Crippen molar-refractivity contribution < 1.29 is 0 Å². The van der Waals surface area contributed by atoms with Crippen LogP contribution in [0, 0.1) is 0 Å². The van der Waals surface area contributed by atoms with E-state index in [0.717, 1.165) is 5.56 Å². The van der Waals surface area contributed by atoms with Gasteiger partial charge in [-0.15, -0.1) is 0 Å². The lowest BCUT2D eigenvalue weighted by Gasteiger charge is -2.10. The van der Waals surface area contributed by atoms with Crippen molar-refractivity contribution in [2.24, 2.45) is 0 Å². The van der Waals surface area contributed by atoms with E-state index in [0.29, 0.717) is 12.4 Å². The van der Waals surface area contributed by atoms with E-state index in [9.17, 15) is 4.79 Å². The Bertz CT molecular complexity index is 546. The number of nitrogens with zero attached hydrogens (tertiary/aromatic N) is 2. The Labute approximate surface area is 93.4 Å². The van der Waals surface area contributed by atoms with Crippen LogP contribution in [-0.2, 0) is 6.54 Å². The van der Waals surface area contributed by atoms with Crippen molar-refractivity contribution in [2.75, 3.05) is 5.73 Å². The van der Waals surface area contributed by atoms with E-state index in [-0.39, 0.29) is 11.2 Å². The monoisotopic (exact) mass is 215 g/mol. The van der Waals surface area contributed by atoms with E-state index in [2.05, 4.69) is 4.98 Å². The lowest BCUT2D eigenvalue weighted by molar-refractivity contribution is 0.720. The maximum absolute atomic E-state index is 11.8. The van der Waals surface area contributed by atoms with Gasteiger partial charge in [-0.1, -0.05) is 30.3 Å². The quantitative estimate of drug-likeness (QED) is 0.826. The van der Waals surface area contributed by atoms with E-state index >= 15 is 0 Å². The van der Waals surface area contributed by atoms with Crippen LogP contribution in [0.1, 0.15) is 6.92 Å². The van der Waals surface area contributed by atoms with Gasteiger partial charge in [0.25, 0.3) is 5.56 Å². The standard InChI is InChI=1S/C12H13N3O/c1-2-15-11(9-6-4-3-5-7-9)14-8-10(13)12(15)16/h3-8H,2,13H2,1H3. The van der Waals surface area contributed by atoms with Crippen molar-refractivity contribution >= 4 is 5.69 Å². The minimum atomic E-state index is -0.184. The minimum absolute atomic E-state index is 0.182.